The summed E-state index contributed by atoms with van der Waals surface area (Å²) in [4.78, 5) is 10.0. The summed E-state index contributed by atoms with van der Waals surface area (Å²) in [5, 5.41) is 9.92. The van der Waals surface area contributed by atoms with Crippen molar-refractivity contribution in [1.29, 1.82) is 0 Å². The third-order valence-electron chi connectivity index (χ3n) is 0.942. The Morgan fingerprint density at radius 3 is 2.36 bits per heavy atom. The molecule has 0 heterocycles. The average molecular weight is 171 g/mol. The van der Waals surface area contributed by atoms with Crippen molar-refractivity contribution >= 4 is 5.91 Å². The van der Waals surface area contributed by atoms with Gasteiger partial charge in [-0.05, 0) is 6.42 Å². The van der Waals surface area contributed by atoms with Gasteiger partial charge in [0.1, 0.15) is 6.23 Å². The fourth-order valence-corrected chi connectivity index (χ4v) is 0.335. The van der Waals surface area contributed by atoms with Gasteiger partial charge in [0.05, 0.1) is 0 Å². The number of nitrogens with one attached hydrogen (secondary N) is 1. The maximum absolute atomic E-state index is 11.4. The largest absolute Gasteiger partial charge is 0.471 e. The minimum absolute atomic E-state index is 0.0435. The van der Waals surface area contributed by atoms with Crippen molar-refractivity contribution in [3.8, 4) is 0 Å². The van der Waals surface area contributed by atoms with Gasteiger partial charge in [-0.2, -0.15) is 13.2 Å². The highest BCUT2D eigenvalue weighted by Crippen LogP contribution is 2.14. The number of halogens is 3. The van der Waals surface area contributed by atoms with Crippen LogP contribution in [0.15, 0.2) is 0 Å². The average Bonchev–Trinajstić information content (AvgIpc) is 1.85. The van der Waals surface area contributed by atoms with Crippen LogP contribution in [0, 0.1) is 0 Å². The summed E-state index contributed by atoms with van der Waals surface area (Å²) in [6.07, 6.45) is -6.30. The van der Waals surface area contributed by atoms with Gasteiger partial charge in [-0.1, -0.05) is 6.92 Å². The van der Waals surface area contributed by atoms with Crippen LogP contribution in [0.5, 0.6) is 0 Å². The van der Waals surface area contributed by atoms with E-state index in [2.05, 4.69) is 0 Å². The van der Waals surface area contributed by atoms with Crippen molar-refractivity contribution in [2.45, 2.75) is 25.7 Å². The molecule has 1 unspecified atom stereocenters. The SMILES string of the molecule is CCC(O)NC(=O)C(F)(F)F. The van der Waals surface area contributed by atoms with E-state index in [0.29, 0.717) is 0 Å². The first-order valence-electron chi connectivity index (χ1n) is 2.93. The van der Waals surface area contributed by atoms with Gasteiger partial charge in [-0.25, -0.2) is 0 Å². The number of alkyl halides is 3. The summed E-state index contributed by atoms with van der Waals surface area (Å²) in [6, 6.07) is 0. The Bertz CT molecular complexity index is 145. The Balaban J connectivity index is 3.88. The van der Waals surface area contributed by atoms with Gasteiger partial charge in [-0.15, -0.1) is 0 Å². The Morgan fingerprint density at radius 2 is 2.09 bits per heavy atom. The minimum Gasteiger partial charge on any atom is -0.374 e. The van der Waals surface area contributed by atoms with E-state index in [1.54, 1.807) is 0 Å². The number of hydrogen-bond acceptors (Lipinski definition) is 2. The van der Waals surface area contributed by atoms with Crippen molar-refractivity contribution in [2.24, 2.45) is 0 Å². The highest BCUT2D eigenvalue weighted by molar-refractivity contribution is 5.81. The van der Waals surface area contributed by atoms with E-state index in [-0.39, 0.29) is 6.42 Å². The van der Waals surface area contributed by atoms with Crippen LogP contribution in [-0.2, 0) is 4.79 Å². The molecular weight excluding hydrogens is 163 g/mol. The van der Waals surface area contributed by atoms with Crippen molar-refractivity contribution in [3.63, 3.8) is 0 Å². The first-order valence-corrected chi connectivity index (χ1v) is 2.93. The van der Waals surface area contributed by atoms with E-state index in [1.165, 1.54) is 12.2 Å². The van der Waals surface area contributed by atoms with Crippen LogP contribution in [0.4, 0.5) is 13.2 Å². The predicted molar refractivity (Wildman–Crippen MR) is 30.5 cm³/mol. The zero-order valence-electron chi connectivity index (χ0n) is 5.77. The summed E-state index contributed by atoms with van der Waals surface area (Å²) in [5.41, 5.74) is 0. The maximum atomic E-state index is 11.4. The molecule has 0 radical (unpaired) electrons. The topological polar surface area (TPSA) is 49.3 Å². The molecule has 1 atom stereocenters. The molecule has 1 amide bonds. The first-order chi connectivity index (χ1) is 4.88. The fraction of sp³-hybridized carbons (Fsp3) is 0.800. The molecule has 0 aromatic rings. The fourth-order valence-electron chi connectivity index (χ4n) is 0.335. The van der Waals surface area contributed by atoms with Crippen LogP contribution in [0.1, 0.15) is 13.3 Å². The summed E-state index contributed by atoms with van der Waals surface area (Å²) < 4.78 is 34.3. The van der Waals surface area contributed by atoms with Crippen LogP contribution in [0.25, 0.3) is 0 Å². The van der Waals surface area contributed by atoms with Gasteiger partial charge < -0.3 is 10.4 Å². The van der Waals surface area contributed by atoms with Crippen LogP contribution in [-0.4, -0.2) is 23.4 Å². The second-order valence-electron chi connectivity index (χ2n) is 1.90. The number of carbonyl (C=O) groups excluding carboxylic acids is 1. The van der Waals surface area contributed by atoms with Crippen LogP contribution < -0.4 is 5.32 Å². The number of rotatable bonds is 2. The van der Waals surface area contributed by atoms with Gasteiger partial charge in [0.25, 0.3) is 0 Å². The number of hydrogen-bond donors (Lipinski definition) is 2. The smallest absolute Gasteiger partial charge is 0.374 e. The molecule has 0 spiro atoms. The zero-order chi connectivity index (χ0) is 9.07. The summed E-state index contributed by atoms with van der Waals surface area (Å²) >= 11 is 0. The molecule has 2 N–H and O–H groups in total. The monoisotopic (exact) mass is 171 g/mol. The van der Waals surface area contributed by atoms with E-state index in [9.17, 15) is 18.0 Å². The van der Waals surface area contributed by atoms with Crippen molar-refractivity contribution in [1.82, 2.24) is 5.32 Å². The van der Waals surface area contributed by atoms with E-state index < -0.39 is 18.3 Å². The molecule has 0 saturated carbocycles. The van der Waals surface area contributed by atoms with Gasteiger partial charge in [-0.3, -0.25) is 4.79 Å². The predicted octanol–water partition coefficient (Wildman–Crippen LogP) is 0.393. The van der Waals surface area contributed by atoms with Gasteiger partial charge in [0.15, 0.2) is 0 Å². The summed E-state index contributed by atoms with van der Waals surface area (Å²) in [6.45, 7) is 1.45. The van der Waals surface area contributed by atoms with Gasteiger partial charge >= 0.3 is 12.1 Å². The van der Waals surface area contributed by atoms with Crippen molar-refractivity contribution in [2.75, 3.05) is 0 Å². The molecule has 0 saturated heterocycles. The van der Waals surface area contributed by atoms with Crippen LogP contribution in [0.2, 0.25) is 0 Å². The van der Waals surface area contributed by atoms with Crippen LogP contribution >= 0.6 is 0 Å². The lowest BCUT2D eigenvalue weighted by atomic mass is 10.4. The van der Waals surface area contributed by atoms with E-state index >= 15 is 0 Å². The quantitative estimate of drug-likeness (QED) is 0.590. The molecule has 66 valence electrons. The van der Waals surface area contributed by atoms with Gasteiger partial charge in [0, 0.05) is 0 Å². The standard InChI is InChI=1S/C5H8F3NO2/c1-2-3(10)9-4(11)5(6,7)8/h3,10H,2H2,1H3,(H,9,11). The highest BCUT2D eigenvalue weighted by Gasteiger charge is 2.39. The Labute approximate surface area is 61.2 Å². The molecule has 0 aliphatic carbocycles. The van der Waals surface area contributed by atoms with Crippen molar-refractivity contribution < 1.29 is 23.1 Å². The molecule has 0 aromatic carbocycles. The van der Waals surface area contributed by atoms with Gasteiger partial charge in [0.2, 0.25) is 0 Å². The number of aliphatic hydroxyl groups is 1. The Morgan fingerprint density at radius 1 is 1.64 bits per heavy atom. The molecule has 6 heteroatoms. The Kier molecular flexibility index (Phi) is 3.31. The third kappa shape index (κ3) is 3.82. The molecule has 0 aliphatic rings. The molecular formula is C5H8F3NO2. The molecule has 0 aromatic heterocycles. The molecule has 0 fully saturated rings. The van der Waals surface area contributed by atoms with Crippen LogP contribution in [0.3, 0.4) is 0 Å². The third-order valence-corrected chi connectivity index (χ3v) is 0.942. The van der Waals surface area contributed by atoms with E-state index in [0.717, 1.165) is 0 Å². The Hall–Kier alpha value is -0.780. The number of aliphatic hydroxyl groups excluding tert-OH is 1. The zero-order valence-corrected chi connectivity index (χ0v) is 5.77. The summed E-state index contributed by atoms with van der Waals surface area (Å²) in [7, 11) is 0. The lowest BCUT2D eigenvalue weighted by Gasteiger charge is -2.11. The normalized spacial score (nSPS) is 14.3. The lowest BCUT2D eigenvalue weighted by Crippen LogP contribution is -2.42. The molecule has 3 nitrogen and oxygen atoms in total. The second-order valence-corrected chi connectivity index (χ2v) is 1.90. The van der Waals surface area contributed by atoms with E-state index in [1.807, 2.05) is 0 Å². The molecule has 11 heavy (non-hydrogen) atoms. The molecule has 0 aliphatic heterocycles. The lowest BCUT2D eigenvalue weighted by molar-refractivity contribution is -0.176. The minimum atomic E-state index is -4.92. The maximum Gasteiger partial charge on any atom is 0.471 e. The molecule has 0 rings (SSSR count). The molecule has 0 bridgehead atoms. The summed E-state index contributed by atoms with van der Waals surface area (Å²) in [5.74, 6) is -2.12. The number of carbonyl (C=O) groups is 1. The second kappa shape index (κ2) is 3.56. The first kappa shape index (κ1) is 10.2. The highest BCUT2D eigenvalue weighted by atomic mass is 19.4. The van der Waals surface area contributed by atoms with Crippen molar-refractivity contribution in [3.05, 3.63) is 0 Å². The van der Waals surface area contributed by atoms with E-state index in [4.69, 9.17) is 5.11 Å². The number of amides is 1.